The summed E-state index contributed by atoms with van der Waals surface area (Å²) in [5.41, 5.74) is 0.707. The Bertz CT molecular complexity index is 732. The van der Waals surface area contributed by atoms with Gasteiger partial charge in [-0.2, -0.15) is 0 Å². The second-order valence-electron chi connectivity index (χ2n) is 4.50. The van der Waals surface area contributed by atoms with Crippen LogP contribution in [0.5, 0.6) is 0 Å². The van der Waals surface area contributed by atoms with Gasteiger partial charge in [-0.3, -0.25) is 4.79 Å². The maximum absolute atomic E-state index is 13.2. The fraction of sp³-hybridized carbons (Fsp3) is 0.133. The van der Waals surface area contributed by atoms with Crippen LogP contribution in [0.25, 0.3) is 10.9 Å². The zero-order valence-corrected chi connectivity index (χ0v) is 10.7. The lowest BCUT2D eigenvalue weighted by Gasteiger charge is -2.06. The Hall–Kier alpha value is -2.56. The lowest BCUT2D eigenvalue weighted by atomic mass is 10.2. The number of benzene rings is 1. The largest absolute Gasteiger partial charge is 0.467 e. The molecule has 2 aromatic heterocycles. The molecule has 0 unspecified atom stereocenters. The molecule has 0 atom stereocenters. The Morgan fingerprint density at radius 2 is 2.20 bits per heavy atom. The van der Waals surface area contributed by atoms with Crippen molar-refractivity contribution >= 4 is 16.8 Å². The summed E-state index contributed by atoms with van der Waals surface area (Å²) in [7, 11) is 0. The highest BCUT2D eigenvalue weighted by Crippen LogP contribution is 2.16. The van der Waals surface area contributed by atoms with Crippen LogP contribution in [0, 0.1) is 5.82 Å². The van der Waals surface area contributed by atoms with Crippen molar-refractivity contribution in [2.24, 2.45) is 0 Å². The molecule has 0 bridgehead atoms. The minimum absolute atomic E-state index is 0.146. The van der Waals surface area contributed by atoms with Crippen LogP contribution in [0.2, 0.25) is 0 Å². The molecule has 1 amide bonds. The third-order valence-electron chi connectivity index (χ3n) is 3.09. The molecule has 0 fully saturated rings. The van der Waals surface area contributed by atoms with Crippen molar-refractivity contribution in [3.05, 3.63) is 60.4 Å². The van der Waals surface area contributed by atoms with E-state index in [-0.39, 0.29) is 18.3 Å². The molecule has 2 heterocycles. The van der Waals surface area contributed by atoms with Gasteiger partial charge in [0.2, 0.25) is 5.91 Å². The lowest BCUT2D eigenvalue weighted by molar-refractivity contribution is -0.121. The molecule has 0 radical (unpaired) electrons. The number of carbonyl (C=O) groups is 1. The molecule has 20 heavy (non-hydrogen) atoms. The zero-order chi connectivity index (χ0) is 13.9. The first-order chi connectivity index (χ1) is 9.72. The Kier molecular flexibility index (Phi) is 3.25. The van der Waals surface area contributed by atoms with E-state index >= 15 is 0 Å². The fourth-order valence-electron chi connectivity index (χ4n) is 2.10. The molecule has 0 aliphatic rings. The molecule has 0 spiro atoms. The van der Waals surface area contributed by atoms with Gasteiger partial charge >= 0.3 is 0 Å². The molecular weight excluding hydrogens is 259 g/mol. The van der Waals surface area contributed by atoms with Crippen molar-refractivity contribution in [3.63, 3.8) is 0 Å². The van der Waals surface area contributed by atoms with Gasteiger partial charge in [-0.1, -0.05) is 0 Å². The second-order valence-corrected chi connectivity index (χ2v) is 4.50. The van der Waals surface area contributed by atoms with Gasteiger partial charge in [0.15, 0.2) is 0 Å². The SMILES string of the molecule is O=C(Cn1ccc2ccc(F)cc21)NCc1ccco1. The normalized spacial score (nSPS) is 10.8. The van der Waals surface area contributed by atoms with Gasteiger partial charge in [0.05, 0.1) is 18.3 Å². The number of rotatable bonds is 4. The topological polar surface area (TPSA) is 47.2 Å². The summed E-state index contributed by atoms with van der Waals surface area (Å²) in [6.45, 7) is 0.493. The van der Waals surface area contributed by atoms with Crippen molar-refractivity contribution in [3.8, 4) is 0 Å². The minimum atomic E-state index is -0.312. The summed E-state index contributed by atoms with van der Waals surface area (Å²) in [6, 6.07) is 9.94. The van der Waals surface area contributed by atoms with Crippen molar-refractivity contribution in [2.45, 2.75) is 13.1 Å². The first-order valence-electron chi connectivity index (χ1n) is 6.26. The highest BCUT2D eigenvalue weighted by atomic mass is 19.1. The average Bonchev–Trinajstić information content (AvgIpc) is 3.07. The quantitative estimate of drug-likeness (QED) is 0.793. The Morgan fingerprint density at radius 1 is 1.30 bits per heavy atom. The van der Waals surface area contributed by atoms with Gasteiger partial charge in [-0.05, 0) is 41.8 Å². The number of amides is 1. The smallest absolute Gasteiger partial charge is 0.240 e. The molecule has 0 aliphatic heterocycles. The van der Waals surface area contributed by atoms with E-state index in [0.29, 0.717) is 17.8 Å². The van der Waals surface area contributed by atoms with Crippen molar-refractivity contribution < 1.29 is 13.6 Å². The first-order valence-corrected chi connectivity index (χ1v) is 6.26. The van der Waals surface area contributed by atoms with Crippen molar-refractivity contribution in [2.75, 3.05) is 0 Å². The van der Waals surface area contributed by atoms with Gasteiger partial charge in [0.1, 0.15) is 18.1 Å². The summed E-state index contributed by atoms with van der Waals surface area (Å²) in [4.78, 5) is 11.9. The maximum Gasteiger partial charge on any atom is 0.240 e. The number of hydrogen-bond acceptors (Lipinski definition) is 2. The van der Waals surface area contributed by atoms with Crippen LogP contribution in [0.4, 0.5) is 4.39 Å². The molecule has 1 aromatic carbocycles. The number of aromatic nitrogens is 1. The van der Waals surface area contributed by atoms with Gasteiger partial charge < -0.3 is 14.3 Å². The molecule has 5 heteroatoms. The van der Waals surface area contributed by atoms with E-state index in [1.54, 1.807) is 35.2 Å². The highest BCUT2D eigenvalue weighted by molar-refractivity contribution is 5.83. The Labute approximate surface area is 114 Å². The third kappa shape index (κ3) is 2.56. The Morgan fingerprint density at radius 3 is 3.00 bits per heavy atom. The van der Waals surface area contributed by atoms with Crippen LogP contribution >= 0.6 is 0 Å². The van der Waals surface area contributed by atoms with E-state index in [0.717, 1.165) is 5.39 Å². The molecule has 0 saturated carbocycles. The number of hydrogen-bond donors (Lipinski definition) is 1. The summed E-state index contributed by atoms with van der Waals surface area (Å²) in [6.07, 6.45) is 3.33. The number of halogens is 1. The molecule has 0 aliphatic carbocycles. The molecule has 1 N–H and O–H groups in total. The van der Waals surface area contributed by atoms with Gasteiger partial charge in [0.25, 0.3) is 0 Å². The van der Waals surface area contributed by atoms with Gasteiger partial charge in [-0.25, -0.2) is 4.39 Å². The van der Waals surface area contributed by atoms with Crippen LogP contribution in [0.3, 0.4) is 0 Å². The second kappa shape index (κ2) is 5.21. The number of carbonyl (C=O) groups excluding carboxylic acids is 1. The zero-order valence-electron chi connectivity index (χ0n) is 10.7. The van der Waals surface area contributed by atoms with Crippen molar-refractivity contribution in [1.82, 2.24) is 9.88 Å². The molecule has 102 valence electrons. The monoisotopic (exact) mass is 272 g/mol. The molecule has 4 nitrogen and oxygen atoms in total. The van der Waals surface area contributed by atoms with E-state index in [2.05, 4.69) is 5.32 Å². The fourth-order valence-corrected chi connectivity index (χ4v) is 2.10. The summed E-state index contributed by atoms with van der Waals surface area (Å²) in [5, 5.41) is 3.66. The van der Waals surface area contributed by atoms with E-state index in [9.17, 15) is 9.18 Å². The predicted molar refractivity (Wildman–Crippen MR) is 72.5 cm³/mol. The highest BCUT2D eigenvalue weighted by Gasteiger charge is 2.07. The van der Waals surface area contributed by atoms with Gasteiger partial charge in [-0.15, -0.1) is 0 Å². The number of fused-ring (bicyclic) bond motifs is 1. The first kappa shape index (κ1) is 12.5. The van der Waals surface area contributed by atoms with Crippen molar-refractivity contribution in [1.29, 1.82) is 0 Å². The van der Waals surface area contributed by atoms with E-state index in [1.807, 2.05) is 6.07 Å². The Balaban J connectivity index is 1.69. The van der Waals surface area contributed by atoms with E-state index in [4.69, 9.17) is 4.42 Å². The van der Waals surface area contributed by atoms with Crippen LogP contribution in [0.1, 0.15) is 5.76 Å². The minimum Gasteiger partial charge on any atom is -0.467 e. The summed E-state index contributed by atoms with van der Waals surface area (Å²) < 4.78 is 20.1. The number of nitrogens with zero attached hydrogens (tertiary/aromatic N) is 1. The van der Waals surface area contributed by atoms with Gasteiger partial charge in [0, 0.05) is 6.20 Å². The van der Waals surface area contributed by atoms with Crippen LogP contribution in [0.15, 0.2) is 53.3 Å². The summed E-state index contributed by atoms with van der Waals surface area (Å²) >= 11 is 0. The van der Waals surface area contributed by atoms with E-state index in [1.165, 1.54) is 12.1 Å². The lowest BCUT2D eigenvalue weighted by Crippen LogP contribution is -2.26. The third-order valence-corrected chi connectivity index (χ3v) is 3.09. The molecule has 0 saturated heterocycles. The van der Waals surface area contributed by atoms with Crippen LogP contribution in [-0.4, -0.2) is 10.5 Å². The van der Waals surface area contributed by atoms with E-state index < -0.39 is 0 Å². The maximum atomic E-state index is 13.2. The number of furan rings is 1. The predicted octanol–water partition coefficient (Wildman–Crippen LogP) is 2.69. The van der Waals surface area contributed by atoms with Crippen LogP contribution < -0.4 is 5.32 Å². The average molecular weight is 272 g/mol. The number of nitrogens with one attached hydrogen (secondary N) is 1. The van der Waals surface area contributed by atoms with Crippen LogP contribution in [-0.2, 0) is 17.9 Å². The molecule has 3 rings (SSSR count). The standard InChI is InChI=1S/C15H13FN2O2/c16-12-4-3-11-5-6-18(14(11)8-12)10-15(19)17-9-13-2-1-7-20-13/h1-8H,9-10H2,(H,17,19). The molecular formula is C15H13FN2O2. The molecule has 3 aromatic rings. The summed E-state index contributed by atoms with van der Waals surface area (Å²) in [5.74, 6) is 0.235.